The first-order valence-corrected chi connectivity index (χ1v) is 15.0. The van der Waals surface area contributed by atoms with Gasteiger partial charge in [0, 0.05) is 28.6 Å². The molecular formula is C34H39N3O8. The molecule has 11 nitrogen and oxygen atoms in total. The average molecular weight is 618 g/mol. The third kappa shape index (κ3) is 5.29. The number of aliphatic hydroxyl groups excluding tert-OH is 2. The Morgan fingerprint density at radius 2 is 1.69 bits per heavy atom. The van der Waals surface area contributed by atoms with Crippen molar-refractivity contribution in [2.24, 2.45) is 29.4 Å². The van der Waals surface area contributed by atoms with E-state index in [2.05, 4.69) is 10.6 Å². The molecular weight excluding hydrogens is 578 g/mol. The number of fused-ring (bicyclic) bond motifs is 3. The Balaban J connectivity index is 1.55. The highest BCUT2D eigenvalue weighted by molar-refractivity contribution is 6.23. The van der Waals surface area contributed by atoms with Crippen LogP contribution in [0.3, 0.4) is 0 Å². The molecule has 1 saturated carbocycles. The summed E-state index contributed by atoms with van der Waals surface area (Å²) >= 11 is 0. The first kappa shape index (κ1) is 31.9. The van der Waals surface area contributed by atoms with Gasteiger partial charge in [0.25, 0.3) is 5.91 Å². The Bertz CT molecular complexity index is 1680. The summed E-state index contributed by atoms with van der Waals surface area (Å²) in [5, 5.41) is 51.1. The van der Waals surface area contributed by atoms with Crippen molar-refractivity contribution < 1.29 is 39.6 Å². The molecule has 0 aromatic heterocycles. The number of aromatic hydroxyl groups is 1. The van der Waals surface area contributed by atoms with Gasteiger partial charge in [-0.05, 0) is 80.3 Å². The maximum absolute atomic E-state index is 14.0. The number of carbonyl (C=O) groups excluding carboxylic acids is 4. The monoisotopic (exact) mass is 617 g/mol. The van der Waals surface area contributed by atoms with Crippen LogP contribution >= 0.6 is 0 Å². The van der Waals surface area contributed by atoms with Crippen LogP contribution in [-0.2, 0) is 25.6 Å². The van der Waals surface area contributed by atoms with Crippen LogP contribution in [0.25, 0.3) is 16.9 Å². The Morgan fingerprint density at radius 3 is 2.27 bits per heavy atom. The second-order valence-corrected chi connectivity index (χ2v) is 13.5. The number of nitrogens with two attached hydrogens (primary N) is 1. The number of Topliss-reactive ketones (excluding diaryl/α,β-unsaturated/α-hetero) is 2. The second kappa shape index (κ2) is 11.1. The van der Waals surface area contributed by atoms with Gasteiger partial charge in [0.2, 0.25) is 11.7 Å². The molecule has 0 aliphatic heterocycles. The van der Waals surface area contributed by atoms with E-state index in [1.54, 1.807) is 44.2 Å². The maximum Gasteiger partial charge on any atom is 0.255 e. The minimum absolute atomic E-state index is 0.0191. The van der Waals surface area contributed by atoms with E-state index in [4.69, 9.17) is 5.73 Å². The lowest BCUT2D eigenvalue weighted by molar-refractivity contribution is -0.155. The first-order chi connectivity index (χ1) is 21.0. The van der Waals surface area contributed by atoms with Crippen LogP contribution < -0.4 is 16.4 Å². The van der Waals surface area contributed by atoms with E-state index in [1.165, 1.54) is 6.07 Å². The first-order valence-electron chi connectivity index (χ1n) is 15.0. The lowest BCUT2D eigenvalue weighted by atomic mass is 9.54. The number of hydrogen-bond acceptors (Lipinski definition) is 9. The zero-order valence-corrected chi connectivity index (χ0v) is 25.9. The van der Waals surface area contributed by atoms with Crippen molar-refractivity contribution >= 4 is 34.8 Å². The van der Waals surface area contributed by atoms with E-state index in [9.17, 15) is 39.6 Å². The summed E-state index contributed by atoms with van der Waals surface area (Å²) in [5.74, 6) is -8.31. The minimum atomic E-state index is -2.65. The van der Waals surface area contributed by atoms with Crippen LogP contribution in [0.5, 0.6) is 5.75 Å². The normalized spacial score (nSPS) is 24.7. The van der Waals surface area contributed by atoms with Gasteiger partial charge in [-0.3, -0.25) is 19.2 Å². The third-order valence-corrected chi connectivity index (χ3v) is 9.11. The van der Waals surface area contributed by atoms with Crippen molar-refractivity contribution in [3.8, 4) is 16.9 Å². The van der Waals surface area contributed by atoms with Crippen molar-refractivity contribution in [1.82, 2.24) is 5.32 Å². The fourth-order valence-corrected chi connectivity index (χ4v) is 7.04. The highest BCUT2D eigenvalue weighted by Crippen LogP contribution is 2.55. The smallest absolute Gasteiger partial charge is 0.255 e. The van der Waals surface area contributed by atoms with Crippen molar-refractivity contribution in [1.29, 1.82) is 0 Å². The van der Waals surface area contributed by atoms with Gasteiger partial charge < -0.3 is 36.8 Å². The Hall–Kier alpha value is -4.48. The molecule has 3 aliphatic carbocycles. The summed E-state index contributed by atoms with van der Waals surface area (Å²) in [5.41, 5.74) is 4.09. The predicted octanol–water partition coefficient (Wildman–Crippen LogP) is 3.30. The summed E-state index contributed by atoms with van der Waals surface area (Å²) in [7, 11) is 0. The number of anilines is 1. The molecule has 45 heavy (non-hydrogen) atoms. The Morgan fingerprint density at radius 1 is 1.04 bits per heavy atom. The van der Waals surface area contributed by atoms with Crippen LogP contribution in [0.2, 0.25) is 0 Å². The molecule has 2 aromatic rings. The van der Waals surface area contributed by atoms with Crippen molar-refractivity contribution in [2.75, 3.05) is 11.9 Å². The van der Waals surface area contributed by atoms with Gasteiger partial charge in [-0.25, -0.2) is 0 Å². The van der Waals surface area contributed by atoms with Gasteiger partial charge in [0.05, 0.1) is 12.1 Å². The molecule has 0 unspecified atom stereocenters. The number of carbonyl (C=O) groups is 4. The molecule has 0 saturated heterocycles. The largest absolute Gasteiger partial charge is 0.508 e. The molecule has 2 amide bonds. The van der Waals surface area contributed by atoms with Crippen molar-refractivity contribution in [3.63, 3.8) is 0 Å². The third-order valence-electron chi connectivity index (χ3n) is 9.11. The summed E-state index contributed by atoms with van der Waals surface area (Å²) in [6.45, 7) is 9.47. The standard InChI is InChI=1S/C34H39N3O8/c1-15(2)24-21-13-17-12-20-19(16-6-8-18(9-7-16)37-23(39)14-36-33(3,4)5)10-11-22(38)26(20)29(41)25(17)30(42)34(21,45)31(43)27(28(24)40)32(35)44/h6-11,15,17,21,24,36,38,41,43,45H,12-14H2,1-5H3,(H2,35,44)(H,37,39)/t17-,21-,24-,34-/m0/s1. The SMILES string of the molecule is CC(C)[C@@H]1C(=O)C(C(N)=O)=C(O)[C@@]2(O)C(=O)C3=C(O)c4c(O)ccc(-c5ccc(NC(=O)CNC(C)(C)C)cc5)c4C[C@H]3C[C@@H]12. The molecule has 238 valence electrons. The molecule has 1 fully saturated rings. The van der Waals surface area contributed by atoms with E-state index in [-0.39, 0.29) is 47.7 Å². The summed E-state index contributed by atoms with van der Waals surface area (Å²) in [6.07, 6.45) is 0.217. The summed E-state index contributed by atoms with van der Waals surface area (Å²) in [4.78, 5) is 51.9. The number of amides is 2. The molecule has 0 spiro atoms. The number of rotatable bonds is 6. The van der Waals surface area contributed by atoms with E-state index in [0.29, 0.717) is 16.8 Å². The number of phenols is 1. The van der Waals surface area contributed by atoms with Gasteiger partial charge in [-0.15, -0.1) is 0 Å². The van der Waals surface area contributed by atoms with Crippen LogP contribution in [-0.4, -0.2) is 61.5 Å². The number of primary amides is 1. The molecule has 5 rings (SSSR count). The van der Waals surface area contributed by atoms with E-state index in [0.717, 1.165) is 5.56 Å². The van der Waals surface area contributed by atoms with Crippen LogP contribution in [0.4, 0.5) is 5.69 Å². The zero-order valence-electron chi connectivity index (χ0n) is 25.9. The summed E-state index contributed by atoms with van der Waals surface area (Å²) < 4.78 is 0. The molecule has 4 atom stereocenters. The van der Waals surface area contributed by atoms with Crippen LogP contribution in [0, 0.1) is 23.7 Å². The zero-order chi connectivity index (χ0) is 33.2. The van der Waals surface area contributed by atoms with Crippen molar-refractivity contribution in [2.45, 2.75) is 58.6 Å². The van der Waals surface area contributed by atoms with Gasteiger partial charge in [-0.1, -0.05) is 32.0 Å². The molecule has 2 aromatic carbocycles. The number of phenolic OH excluding ortho intramolecular Hbond substituents is 1. The molecule has 8 N–H and O–H groups in total. The van der Waals surface area contributed by atoms with Crippen molar-refractivity contribution in [3.05, 3.63) is 64.4 Å². The highest BCUT2D eigenvalue weighted by Gasteiger charge is 2.64. The minimum Gasteiger partial charge on any atom is -0.508 e. The molecule has 11 heteroatoms. The lowest BCUT2D eigenvalue weighted by Gasteiger charge is -2.50. The maximum atomic E-state index is 14.0. The Labute approximate surface area is 260 Å². The molecule has 0 bridgehead atoms. The number of benzene rings is 2. The molecule has 0 radical (unpaired) electrons. The van der Waals surface area contributed by atoms with E-state index >= 15 is 0 Å². The summed E-state index contributed by atoms with van der Waals surface area (Å²) in [6, 6.07) is 10.2. The number of ketones is 2. The fraction of sp³-hybridized carbons (Fsp3) is 0.412. The van der Waals surface area contributed by atoms with Gasteiger partial charge >= 0.3 is 0 Å². The fourth-order valence-electron chi connectivity index (χ4n) is 7.04. The topological polar surface area (TPSA) is 199 Å². The Kier molecular flexibility index (Phi) is 7.91. The quantitative estimate of drug-likeness (QED) is 0.238. The predicted molar refractivity (Wildman–Crippen MR) is 167 cm³/mol. The van der Waals surface area contributed by atoms with Gasteiger partial charge in [0.1, 0.15) is 22.8 Å². The molecule has 0 heterocycles. The number of nitrogens with one attached hydrogen (secondary N) is 2. The average Bonchev–Trinajstić information content (AvgIpc) is 2.94. The molecule has 3 aliphatic rings. The van der Waals surface area contributed by atoms with Crippen LogP contribution in [0.15, 0.2) is 53.3 Å². The van der Waals surface area contributed by atoms with Gasteiger partial charge in [0.15, 0.2) is 11.4 Å². The second-order valence-electron chi connectivity index (χ2n) is 13.5. The van der Waals surface area contributed by atoms with Crippen LogP contribution in [0.1, 0.15) is 52.2 Å². The van der Waals surface area contributed by atoms with E-state index < -0.39 is 63.8 Å². The van der Waals surface area contributed by atoms with Gasteiger partial charge in [-0.2, -0.15) is 0 Å². The van der Waals surface area contributed by atoms with E-state index in [1.807, 2.05) is 20.8 Å². The number of hydrogen-bond donors (Lipinski definition) is 7. The lowest BCUT2D eigenvalue weighted by Crippen LogP contribution is -2.62. The highest BCUT2D eigenvalue weighted by atomic mass is 16.3. The number of aliphatic hydroxyl groups is 3.